The molecule has 0 unspecified atom stereocenters. The highest BCUT2D eigenvalue weighted by atomic mass is 32.2. The smallest absolute Gasteiger partial charge is 0.414 e. The molecule has 3 aliphatic carbocycles. The number of fused-ring (bicyclic) bond motifs is 3. The van der Waals surface area contributed by atoms with Crippen LogP contribution in [-0.4, -0.2) is 70.3 Å². The van der Waals surface area contributed by atoms with Crippen molar-refractivity contribution < 1.29 is 46.5 Å². The zero-order valence-electron chi connectivity index (χ0n) is 30.4. The summed E-state index contributed by atoms with van der Waals surface area (Å²) in [5, 5.41) is 0. The number of aryl methyl sites for hydroxylation is 1. The second-order valence-corrected chi connectivity index (χ2v) is 18.1. The van der Waals surface area contributed by atoms with Gasteiger partial charge >= 0.3 is 18.0 Å². The Kier molecular flexibility index (Phi) is 8.48. The van der Waals surface area contributed by atoms with Crippen LogP contribution in [0.4, 0.5) is 10.5 Å². The number of amides is 1. The molecule has 2 atom stereocenters. The molecule has 2 aromatic rings. The van der Waals surface area contributed by atoms with Gasteiger partial charge in [0, 0.05) is 42.3 Å². The molecule has 3 fully saturated rings. The van der Waals surface area contributed by atoms with Crippen molar-refractivity contribution in [2.75, 3.05) is 38.2 Å². The van der Waals surface area contributed by atoms with E-state index in [1.807, 2.05) is 54.5 Å². The summed E-state index contributed by atoms with van der Waals surface area (Å²) in [6.45, 7) is 13.9. The molecule has 0 radical (unpaired) electrons. The molecule has 2 bridgehead atoms. The monoisotopic (exact) mass is 709 g/mol. The number of sulfone groups is 1. The van der Waals surface area contributed by atoms with Gasteiger partial charge in [0.25, 0.3) is 0 Å². The first-order chi connectivity index (χ1) is 23.3. The van der Waals surface area contributed by atoms with Gasteiger partial charge in [-0.2, -0.15) is 0 Å². The number of carbonyl (C=O) groups is 4. The lowest BCUT2D eigenvalue weighted by Gasteiger charge is -2.39. The summed E-state index contributed by atoms with van der Waals surface area (Å²) in [4.78, 5) is 55.1. The average Bonchev–Trinajstić information content (AvgIpc) is 3.66. The summed E-state index contributed by atoms with van der Waals surface area (Å²) >= 11 is 0. The zero-order valence-corrected chi connectivity index (χ0v) is 31.2. The fourth-order valence-corrected chi connectivity index (χ4v) is 11.7. The van der Waals surface area contributed by atoms with Crippen molar-refractivity contribution in [1.82, 2.24) is 0 Å². The number of ether oxygens (including phenoxy) is 4. The van der Waals surface area contributed by atoms with E-state index in [0.29, 0.717) is 40.9 Å². The maximum absolute atomic E-state index is 14.2. The summed E-state index contributed by atoms with van der Waals surface area (Å²) in [5.74, 6) is -2.11. The normalized spacial score (nSPS) is 24.5. The Morgan fingerprint density at radius 3 is 2.12 bits per heavy atom. The quantitative estimate of drug-likeness (QED) is 0.193. The van der Waals surface area contributed by atoms with E-state index in [0.717, 1.165) is 16.7 Å². The fraction of sp³-hybridized carbons (Fsp3) is 0.579. The molecule has 270 valence electrons. The maximum atomic E-state index is 14.2. The number of ketones is 1. The van der Waals surface area contributed by atoms with Crippen LogP contribution in [0.25, 0.3) is 11.1 Å². The fourth-order valence-electron chi connectivity index (χ4n) is 9.39. The number of hydrogen-bond donors (Lipinski definition) is 0. The van der Waals surface area contributed by atoms with E-state index in [1.165, 1.54) is 14.2 Å². The first-order valence-electron chi connectivity index (χ1n) is 17.0. The van der Waals surface area contributed by atoms with Crippen LogP contribution >= 0.6 is 0 Å². The SMILES string of the molecule is COC(=O)C1(C(=O)OC)Cc2c(C)c(-c3c(C)cccc3OCS(=O)(=O)[C@]34CC[C@H](CC3=O)C4(C)C)c(N3CC(C)(C)COC3=O)c(C)c2C1. The van der Waals surface area contributed by atoms with Gasteiger partial charge in [0.15, 0.2) is 27.0 Å². The number of rotatable bonds is 8. The molecule has 1 saturated heterocycles. The molecule has 12 heteroatoms. The lowest BCUT2D eigenvalue weighted by Crippen LogP contribution is -2.52. The molecule has 11 nitrogen and oxygen atoms in total. The molecule has 4 aliphatic rings. The number of Topliss-reactive ketones (excluding diaryl/α,β-unsaturated/α-hetero) is 1. The zero-order chi connectivity index (χ0) is 36.8. The van der Waals surface area contributed by atoms with Gasteiger partial charge in [-0.25, -0.2) is 13.2 Å². The summed E-state index contributed by atoms with van der Waals surface area (Å²) in [5.41, 5.74) is 2.50. The first-order valence-corrected chi connectivity index (χ1v) is 18.7. The molecule has 1 aliphatic heterocycles. The average molecular weight is 710 g/mol. The van der Waals surface area contributed by atoms with Gasteiger partial charge in [-0.15, -0.1) is 0 Å². The maximum Gasteiger partial charge on any atom is 0.414 e. The molecule has 0 aromatic heterocycles. The lowest BCUT2D eigenvalue weighted by molar-refractivity contribution is -0.168. The Morgan fingerprint density at radius 1 is 0.940 bits per heavy atom. The van der Waals surface area contributed by atoms with Crippen LogP contribution in [0.15, 0.2) is 18.2 Å². The van der Waals surface area contributed by atoms with Crippen molar-refractivity contribution >= 4 is 39.3 Å². The Balaban J connectivity index is 1.55. The third-order valence-electron chi connectivity index (χ3n) is 12.2. The van der Waals surface area contributed by atoms with Crippen molar-refractivity contribution in [3.63, 3.8) is 0 Å². The Bertz CT molecular complexity index is 1930. The van der Waals surface area contributed by atoms with Gasteiger partial charge in [-0.3, -0.25) is 19.3 Å². The number of esters is 2. The number of hydrogen-bond acceptors (Lipinski definition) is 10. The van der Waals surface area contributed by atoms with Crippen LogP contribution < -0.4 is 9.64 Å². The van der Waals surface area contributed by atoms with E-state index < -0.39 is 54.8 Å². The minimum Gasteiger partial charge on any atom is -0.477 e. The standard InChI is InChI=1S/C38H47NO10S/c1-21-11-10-12-27(49-20-50(44,45)38-14-13-24(15-28(38)40)36(38,6)7)29(21)30-22(2)25-16-37(32(41)46-8,33(42)47-9)17-26(25)23(3)31(30)39-18-35(4,5)19-48-34(39)43/h10-12,24H,13-20H2,1-9H3/t24-,38-/m1/s1. The van der Waals surface area contributed by atoms with E-state index in [1.54, 1.807) is 17.0 Å². The van der Waals surface area contributed by atoms with Crippen LogP contribution in [0.1, 0.15) is 74.8 Å². The second kappa shape index (κ2) is 11.8. The van der Waals surface area contributed by atoms with Crippen LogP contribution in [0.2, 0.25) is 0 Å². The molecule has 50 heavy (non-hydrogen) atoms. The van der Waals surface area contributed by atoms with E-state index >= 15 is 0 Å². The van der Waals surface area contributed by atoms with Gasteiger partial charge in [0.05, 0.1) is 26.5 Å². The first kappa shape index (κ1) is 35.9. The van der Waals surface area contributed by atoms with E-state index in [9.17, 15) is 27.6 Å². The van der Waals surface area contributed by atoms with E-state index in [2.05, 4.69) is 0 Å². The summed E-state index contributed by atoms with van der Waals surface area (Å²) in [6, 6.07) is 5.33. The summed E-state index contributed by atoms with van der Waals surface area (Å²) in [7, 11) is -1.62. The topological polar surface area (TPSA) is 143 Å². The third-order valence-corrected chi connectivity index (χ3v) is 14.6. The van der Waals surface area contributed by atoms with Crippen LogP contribution in [-0.2, 0) is 51.3 Å². The van der Waals surface area contributed by atoms with Crippen molar-refractivity contribution in [3.8, 4) is 16.9 Å². The highest BCUT2D eigenvalue weighted by molar-refractivity contribution is 7.93. The molecule has 1 amide bonds. The summed E-state index contributed by atoms with van der Waals surface area (Å²) in [6.07, 6.45) is 0.669. The van der Waals surface area contributed by atoms with Crippen molar-refractivity contribution in [3.05, 3.63) is 46.0 Å². The van der Waals surface area contributed by atoms with E-state index in [4.69, 9.17) is 18.9 Å². The van der Waals surface area contributed by atoms with Crippen molar-refractivity contribution in [2.45, 2.75) is 85.3 Å². The molecule has 2 aromatic carbocycles. The second-order valence-electron chi connectivity index (χ2n) is 15.9. The molecular formula is C38H47NO10S. The molecular weight excluding hydrogens is 662 g/mol. The van der Waals surface area contributed by atoms with E-state index in [-0.39, 0.29) is 49.7 Å². The van der Waals surface area contributed by atoms with Crippen molar-refractivity contribution in [2.24, 2.45) is 22.2 Å². The predicted octanol–water partition coefficient (Wildman–Crippen LogP) is 5.59. The number of benzene rings is 2. The molecule has 6 rings (SSSR count). The van der Waals surface area contributed by atoms with Crippen molar-refractivity contribution in [1.29, 1.82) is 0 Å². The van der Waals surface area contributed by atoms with Gasteiger partial charge in [-0.1, -0.05) is 39.8 Å². The predicted molar refractivity (Wildman–Crippen MR) is 186 cm³/mol. The summed E-state index contributed by atoms with van der Waals surface area (Å²) < 4.78 is 49.1. The number of anilines is 1. The van der Waals surface area contributed by atoms with Gasteiger partial charge in [0.1, 0.15) is 10.5 Å². The number of cyclic esters (lactones) is 1. The molecule has 0 N–H and O–H groups in total. The Morgan fingerprint density at radius 2 is 1.56 bits per heavy atom. The number of carbonyl (C=O) groups excluding carboxylic acids is 4. The molecule has 1 heterocycles. The van der Waals surface area contributed by atoms with Crippen LogP contribution in [0.3, 0.4) is 0 Å². The molecule has 0 spiro atoms. The van der Waals surface area contributed by atoms with Crippen LogP contribution in [0, 0.1) is 42.9 Å². The lowest BCUT2D eigenvalue weighted by atomic mass is 9.81. The minimum absolute atomic E-state index is 0.00883. The Hall–Kier alpha value is -3.93. The largest absolute Gasteiger partial charge is 0.477 e. The minimum atomic E-state index is -4.08. The van der Waals surface area contributed by atoms with Gasteiger partial charge in [0.2, 0.25) is 0 Å². The van der Waals surface area contributed by atoms with Gasteiger partial charge in [-0.05, 0) is 78.8 Å². The van der Waals surface area contributed by atoms with Crippen LogP contribution in [0.5, 0.6) is 5.75 Å². The highest BCUT2D eigenvalue weighted by Crippen LogP contribution is 2.62. The third kappa shape index (κ3) is 4.91. The highest BCUT2D eigenvalue weighted by Gasteiger charge is 2.70. The van der Waals surface area contributed by atoms with Gasteiger partial charge < -0.3 is 18.9 Å². The number of nitrogens with zero attached hydrogens (tertiary/aromatic N) is 1. The number of methoxy groups -OCH3 is 2. The Labute approximate surface area is 293 Å². The molecule has 2 saturated carbocycles.